The molecular weight excluding hydrogens is 2410 g/mol. The van der Waals surface area contributed by atoms with E-state index in [1.54, 1.807) is 0 Å². The molecule has 0 N–H and O–H groups in total. The molecule has 0 spiro atoms. The molecule has 2 radical (unpaired) electrons. The van der Waals surface area contributed by atoms with Gasteiger partial charge in [-0.05, 0) is 119 Å². The molecule has 15 rings (SSSR count). The first-order chi connectivity index (χ1) is 52.2. The van der Waals surface area contributed by atoms with Crippen molar-refractivity contribution in [2.24, 2.45) is 0 Å². The van der Waals surface area contributed by atoms with Crippen molar-refractivity contribution in [1.29, 1.82) is 0 Å². The molecule has 0 heterocycles. The van der Waals surface area contributed by atoms with E-state index in [1.165, 1.54) is 79.6 Å². The number of rotatable bonds is 15. The van der Waals surface area contributed by atoms with Crippen LogP contribution in [-0.2, 0) is 148 Å². The van der Waals surface area contributed by atoms with E-state index in [1.807, 2.05) is 0 Å². The van der Waals surface area contributed by atoms with Crippen LogP contribution in [0.2, 0.25) is 0 Å². The number of hydrogen-bond acceptors (Lipinski definition) is 0. The van der Waals surface area contributed by atoms with Crippen LogP contribution in [0.4, 0.5) is 0 Å². The monoisotopic (exact) mass is 2490 g/mol. The zero-order chi connectivity index (χ0) is 74.6. The normalized spacial score (nSPS) is 9.14. The maximum atomic E-state index is 7.50. The first-order valence-corrected chi connectivity index (χ1v) is 39.7. The van der Waals surface area contributed by atoms with Crippen LogP contribution < -0.4 is 79.6 Å². The van der Waals surface area contributed by atoms with Gasteiger partial charge in [-0.1, -0.05) is 455 Å². The fraction of sp³-hybridized carbons (Fsp3) is 0. The Balaban J connectivity index is 0.00000131. The molecule has 0 aliphatic heterocycles. The van der Waals surface area contributed by atoms with Gasteiger partial charge in [0.2, 0.25) is 0 Å². The molecule has 0 aliphatic rings. The first kappa shape index (κ1) is 104. The summed E-state index contributed by atoms with van der Waals surface area (Å²) in [5, 5.41) is 21.0. The van der Waals surface area contributed by atoms with E-state index in [0.29, 0.717) is 0 Å². The van der Waals surface area contributed by atoms with Crippen LogP contribution in [0.1, 0.15) is 0 Å². The van der Waals surface area contributed by atoms with Crippen LogP contribution in [0.5, 0.6) is 0 Å². The van der Waals surface area contributed by atoms with E-state index >= 15 is 0 Å². The van der Waals surface area contributed by atoms with Crippen molar-refractivity contribution >= 4 is 119 Å². The molecule has 16 heteroatoms. The molecule has 0 unspecified atom stereocenters. The van der Waals surface area contributed by atoms with E-state index in [-0.39, 0.29) is 124 Å². The van der Waals surface area contributed by atoms with Gasteiger partial charge in [0.05, 0.1) is 0 Å². The van der Waals surface area contributed by atoms with E-state index in [2.05, 4.69) is 488 Å². The molecule has 0 aliphatic carbocycles. The van der Waals surface area contributed by atoms with Crippen molar-refractivity contribution in [2.45, 2.75) is 0 Å². The van der Waals surface area contributed by atoms with Crippen molar-refractivity contribution in [3.63, 3.8) is 0 Å². The van der Waals surface area contributed by atoms with Crippen molar-refractivity contribution in [3.8, 4) is 0 Å². The Labute approximate surface area is 746 Å². The summed E-state index contributed by atoms with van der Waals surface area (Å²) in [5.74, 6) is 0. The molecule has 572 valence electrons. The zero-order valence-electron chi connectivity index (χ0n) is 59.4. The van der Waals surface area contributed by atoms with Gasteiger partial charge in [0, 0.05) is 124 Å². The van der Waals surface area contributed by atoms with Crippen LogP contribution in [-0.4, -0.2) is 0 Å². The molecule has 0 atom stereocenters. The van der Waals surface area contributed by atoms with Gasteiger partial charge in [-0.15, -0.1) is 0 Å². The predicted molar refractivity (Wildman–Crippen MR) is 445 cm³/mol. The van der Waals surface area contributed by atoms with Gasteiger partial charge in [-0.3, -0.25) is 0 Å². The van der Waals surface area contributed by atoms with Gasteiger partial charge in [0.15, 0.2) is 0 Å². The third kappa shape index (κ3) is 35.2. The summed E-state index contributed by atoms with van der Waals surface area (Å²) >= 11 is 0. The van der Waals surface area contributed by atoms with E-state index in [4.69, 9.17) is 23.3 Å². The van der Waals surface area contributed by atoms with E-state index < -0.39 is 39.6 Å². The summed E-state index contributed by atoms with van der Waals surface area (Å²) in [6.45, 7) is 22.5. The smallest absolute Gasteiger partial charge is 0 e. The van der Waals surface area contributed by atoms with Crippen molar-refractivity contribution in [1.82, 2.24) is 0 Å². The maximum Gasteiger partial charge on any atom is 0 e. The molecule has 0 bridgehead atoms. The van der Waals surface area contributed by atoms with Crippen LogP contribution in [0, 0.1) is 33.3 Å². The standard InChI is InChI=1S/5C18H15P.5CO.2Au.Ni.3Pt/c5*1-4-10-16(11-5-1)19(17-12-6-2-7-13-17)18-14-8-3-9-15-18;5*1-2;;;;;;/h5*1-15H;;;;;;;;;;;. The molecule has 111 heavy (non-hydrogen) atoms. The summed E-state index contributed by atoms with van der Waals surface area (Å²) in [6.07, 6.45) is 0. The zero-order valence-corrected chi connectivity index (χ0v) is 76.1. The van der Waals surface area contributed by atoms with Crippen molar-refractivity contribution in [2.75, 3.05) is 0 Å². The molecule has 0 fully saturated rings. The van der Waals surface area contributed by atoms with Crippen LogP contribution in [0.25, 0.3) is 0 Å². The number of benzene rings is 15. The van der Waals surface area contributed by atoms with Gasteiger partial charge in [-0.25, -0.2) is 0 Å². The second-order valence-electron chi connectivity index (χ2n) is 21.7. The largest absolute Gasteiger partial charge is 0.0622 e. The Morgan fingerprint density at radius 3 is 0.207 bits per heavy atom. The number of hydrogen-bond donors (Lipinski definition) is 0. The van der Waals surface area contributed by atoms with Crippen molar-refractivity contribution in [3.05, 3.63) is 488 Å². The predicted octanol–water partition coefficient (Wildman–Crippen LogP) is 17.0. The second-order valence-corrected chi connectivity index (χ2v) is 32.8. The van der Waals surface area contributed by atoms with Crippen LogP contribution >= 0.6 is 39.6 Å². The third-order valence-corrected chi connectivity index (χ3v) is 27.4. The minimum absolute atomic E-state index is 0. The van der Waals surface area contributed by atoms with Gasteiger partial charge in [-0.2, -0.15) is 0 Å². The molecule has 0 saturated carbocycles. The van der Waals surface area contributed by atoms with Gasteiger partial charge < -0.3 is 0 Å². The topological polar surface area (TPSA) is 99.5 Å². The maximum absolute atomic E-state index is 7.50. The summed E-state index contributed by atoms with van der Waals surface area (Å²) in [5.41, 5.74) is 0. The van der Waals surface area contributed by atoms with E-state index in [0.717, 1.165) is 0 Å². The summed E-state index contributed by atoms with van der Waals surface area (Å²) < 4.78 is 37.5. The van der Waals surface area contributed by atoms with Gasteiger partial charge in [0.1, 0.15) is 0 Å². The molecular formula is C95H75Au2NiO5P5Pt3. The second kappa shape index (κ2) is 65.6. The van der Waals surface area contributed by atoms with Crippen molar-refractivity contribution < 1.29 is 148 Å². The van der Waals surface area contributed by atoms with Crippen LogP contribution in [0.15, 0.2) is 455 Å². The molecule has 0 saturated heterocycles. The minimum Gasteiger partial charge on any atom is -0.0622 e. The van der Waals surface area contributed by atoms with Gasteiger partial charge in [0.25, 0.3) is 0 Å². The Morgan fingerprint density at radius 2 is 0.162 bits per heavy atom. The molecule has 15 aromatic carbocycles. The van der Waals surface area contributed by atoms with Gasteiger partial charge >= 0.3 is 56.5 Å². The molecule has 5 nitrogen and oxygen atoms in total. The first-order valence-electron chi connectivity index (χ1n) is 33.0. The summed E-state index contributed by atoms with van der Waals surface area (Å²) in [7, 11) is -2.23. The SMILES string of the molecule is [Au].[Au].[C-]#[O+].[C-]#[O+].[C-]#[O+].[C-]#[O+].[C-]#[O+].[Ni].[Pt].[Pt].[Pt].c1ccc(P(c2ccccc2)c2ccccc2)cc1.c1ccc(P(c2ccccc2)c2ccccc2)cc1.c1ccc(P(c2ccccc2)c2ccccc2)cc1.c1ccc(P(c2ccccc2)c2ccccc2)cc1.c1ccc(P(c2ccccc2)c2ccccc2)cc1. The van der Waals surface area contributed by atoms with E-state index in [9.17, 15) is 0 Å². The summed E-state index contributed by atoms with van der Waals surface area (Å²) in [6, 6.07) is 162. The fourth-order valence-corrected chi connectivity index (χ4v) is 22.4. The Morgan fingerprint density at radius 1 is 0.117 bits per heavy atom. The minimum atomic E-state index is -0.446. The summed E-state index contributed by atoms with van der Waals surface area (Å²) in [4.78, 5) is 0. The van der Waals surface area contributed by atoms with Crippen LogP contribution in [0.3, 0.4) is 0 Å². The third-order valence-electron chi connectivity index (χ3n) is 15.2. The quantitative estimate of drug-likeness (QED) is 0.0423. The molecule has 0 amide bonds. The molecule has 15 aromatic rings. The average Bonchev–Trinajstić information content (AvgIpc) is 0.852. The Kier molecular flexibility index (Phi) is 61.6. The average molecular weight is 2490 g/mol. The Hall–Kier alpha value is -6.81. The molecule has 0 aromatic heterocycles. The fourth-order valence-electron chi connectivity index (χ4n) is 10.9. The Bertz CT molecular complexity index is 3610.